The number of carbonyl (C=O) groups excluding carboxylic acids is 1. The highest BCUT2D eigenvalue weighted by Gasteiger charge is 2.19. The molecule has 2 aromatic carbocycles. The number of hydrogen-bond acceptors (Lipinski definition) is 5. The molecule has 0 unspecified atom stereocenters. The van der Waals surface area contributed by atoms with Crippen LogP contribution in [0.3, 0.4) is 0 Å². The first kappa shape index (κ1) is 19.1. The second-order valence-electron chi connectivity index (χ2n) is 6.22. The van der Waals surface area contributed by atoms with Gasteiger partial charge in [-0.15, -0.1) is 0 Å². The zero-order valence-electron chi connectivity index (χ0n) is 15.8. The van der Waals surface area contributed by atoms with Gasteiger partial charge in [-0.2, -0.15) is 5.10 Å². The van der Waals surface area contributed by atoms with Crippen molar-refractivity contribution in [2.75, 3.05) is 7.11 Å². The first-order chi connectivity index (χ1) is 13.4. The lowest BCUT2D eigenvalue weighted by molar-refractivity contribution is -0.384. The van der Waals surface area contributed by atoms with Crippen LogP contribution < -0.4 is 10.1 Å². The molecule has 8 heteroatoms. The molecule has 0 saturated carbocycles. The number of nitrogens with one attached hydrogen (secondary N) is 1. The van der Waals surface area contributed by atoms with Crippen LogP contribution >= 0.6 is 0 Å². The maximum Gasteiger partial charge on any atom is 0.270 e. The quantitative estimate of drug-likeness (QED) is 0.522. The third-order valence-corrected chi connectivity index (χ3v) is 4.51. The summed E-state index contributed by atoms with van der Waals surface area (Å²) >= 11 is 0. The van der Waals surface area contributed by atoms with Crippen molar-refractivity contribution in [1.29, 1.82) is 0 Å². The van der Waals surface area contributed by atoms with Crippen LogP contribution in [0.25, 0.3) is 5.69 Å². The lowest BCUT2D eigenvalue weighted by Crippen LogP contribution is -2.24. The number of carbonyl (C=O) groups is 1. The van der Waals surface area contributed by atoms with Gasteiger partial charge < -0.3 is 10.1 Å². The van der Waals surface area contributed by atoms with Crippen molar-refractivity contribution in [1.82, 2.24) is 15.1 Å². The smallest absolute Gasteiger partial charge is 0.270 e. The Kier molecular flexibility index (Phi) is 5.39. The summed E-state index contributed by atoms with van der Waals surface area (Å²) in [6.45, 7) is 4.06. The third-order valence-electron chi connectivity index (χ3n) is 4.51. The maximum absolute atomic E-state index is 12.6. The molecule has 0 spiro atoms. The molecule has 0 aliphatic carbocycles. The second kappa shape index (κ2) is 7.91. The van der Waals surface area contributed by atoms with E-state index in [0.717, 1.165) is 22.6 Å². The number of para-hydroxylation sites is 1. The normalized spacial score (nSPS) is 10.5. The fourth-order valence-corrected chi connectivity index (χ4v) is 3.00. The Morgan fingerprint density at radius 3 is 2.57 bits per heavy atom. The molecule has 28 heavy (non-hydrogen) atoms. The molecule has 0 radical (unpaired) electrons. The maximum atomic E-state index is 12.6. The standard InChI is InChI=1S/C20H20N4O4/c1-13-18(14(2)23(22-13)15-7-5-4-6-8-15)12-21-20(25)17-11-16(24(26)27)9-10-19(17)28-3/h4-11H,12H2,1-3H3,(H,21,25). The zero-order valence-corrected chi connectivity index (χ0v) is 15.8. The van der Waals surface area contributed by atoms with Crippen molar-refractivity contribution in [3.05, 3.63) is 81.2 Å². The molecule has 0 aliphatic heterocycles. The lowest BCUT2D eigenvalue weighted by atomic mass is 10.1. The highest BCUT2D eigenvalue weighted by Crippen LogP contribution is 2.24. The molecule has 144 valence electrons. The van der Waals surface area contributed by atoms with E-state index in [9.17, 15) is 14.9 Å². The molecular formula is C20H20N4O4. The number of non-ortho nitro benzene ring substituents is 1. The van der Waals surface area contributed by atoms with Crippen molar-refractivity contribution in [2.24, 2.45) is 0 Å². The SMILES string of the molecule is COc1ccc([N+](=O)[O-])cc1C(=O)NCc1c(C)nn(-c2ccccc2)c1C. The Bertz CT molecular complexity index is 1030. The summed E-state index contributed by atoms with van der Waals surface area (Å²) in [5.41, 5.74) is 3.47. The number of nitro benzene ring substituents is 1. The van der Waals surface area contributed by atoms with Crippen LogP contribution in [0, 0.1) is 24.0 Å². The van der Waals surface area contributed by atoms with E-state index in [-0.39, 0.29) is 23.5 Å². The van der Waals surface area contributed by atoms with Crippen molar-refractivity contribution in [3.8, 4) is 11.4 Å². The van der Waals surface area contributed by atoms with E-state index in [2.05, 4.69) is 10.4 Å². The summed E-state index contributed by atoms with van der Waals surface area (Å²) in [6.07, 6.45) is 0. The van der Waals surface area contributed by atoms with Crippen LogP contribution in [-0.2, 0) is 6.54 Å². The van der Waals surface area contributed by atoms with Crippen molar-refractivity contribution in [3.63, 3.8) is 0 Å². The minimum atomic E-state index is -0.547. The molecule has 1 N–H and O–H groups in total. The fourth-order valence-electron chi connectivity index (χ4n) is 3.00. The highest BCUT2D eigenvalue weighted by molar-refractivity contribution is 5.97. The Balaban J connectivity index is 1.83. The van der Waals surface area contributed by atoms with Gasteiger partial charge in [0, 0.05) is 29.9 Å². The first-order valence-corrected chi connectivity index (χ1v) is 8.63. The Hall–Kier alpha value is -3.68. The summed E-state index contributed by atoms with van der Waals surface area (Å²) in [4.78, 5) is 23.1. The van der Waals surface area contributed by atoms with E-state index >= 15 is 0 Å². The first-order valence-electron chi connectivity index (χ1n) is 8.63. The highest BCUT2D eigenvalue weighted by atomic mass is 16.6. The molecule has 0 fully saturated rings. The number of aryl methyl sites for hydroxylation is 1. The summed E-state index contributed by atoms with van der Waals surface area (Å²) < 4.78 is 6.99. The van der Waals surface area contributed by atoms with Gasteiger partial charge in [0.05, 0.1) is 29.0 Å². The van der Waals surface area contributed by atoms with E-state index < -0.39 is 10.8 Å². The van der Waals surface area contributed by atoms with Gasteiger partial charge in [0.2, 0.25) is 0 Å². The molecule has 0 aliphatic rings. The summed E-state index contributed by atoms with van der Waals surface area (Å²) in [5, 5.41) is 18.4. The monoisotopic (exact) mass is 380 g/mol. The van der Waals surface area contributed by atoms with E-state index in [0.29, 0.717) is 0 Å². The number of nitro groups is 1. The third kappa shape index (κ3) is 3.71. The van der Waals surface area contributed by atoms with Gasteiger partial charge in [-0.05, 0) is 32.0 Å². The summed E-state index contributed by atoms with van der Waals surface area (Å²) in [5.74, 6) is -0.177. The van der Waals surface area contributed by atoms with Crippen LogP contribution in [0.2, 0.25) is 0 Å². The molecular weight excluding hydrogens is 360 g/mol. The predicted octanol–water partition coefficient (Wildman–Crippen LogP) is 3.34. The van der Waals surface area contributed by atoms with E-state index in [1.54, 1.807) is 0 Å². The molecule has 1 heterocycles. The van der Waals surface area contributed by atoms with E-state index in [1.807, 2.05) is 48.9 Å². The zero-order chi connectivity index (χ0) is 20.3. The molecule has 1 amide bonds. The Labute approximate surface area is 161 Å². The minimum Gasteiger partial charge on any atom is -0.496 e. The molecule has 0 bridgehead atoms. The van der Waals surface area contributed by atoms with Gasteiger partial charge in [-0.25, -0.2) is 4.68 Å². The van der Waals surface area contributed by atoms with Crippen LogP contribution in [0.5, 0.6) is 5.75 Å². The van der Waals surface area contributed by atoms with Gasteiger partial charge in [0.25, 0.3) is 11.6 Å². The lowest BCUT2D eigenvalue weighted by Gasteiger charge is -2.10. The van der Waals surface area contributed by atoms with Crippen LogP contribution in [-0.4, -0.2) is 27.7 Å². The fraction of sp³-hybridized carbons (Fsp3) is 0.200. The number of methoxy groups -OCH3 is 1. The van der Waals surface area contributed by atoms with Gasteiger partial charge in [-0.1, -0.05) is 18.2 Å². The van der Waals surface area contributed by atoms with Gasteiger partial charge in [-0.3, -0.25) is 14.9 Å². The number of rotatable bonds is 6. The van der Waals surface area contributed by atoms with Gasteiger partial charge in [0.1, 0.15) is 5.75 Å². The number of nitrogens with zero attached hydrogens (tertiary/aromatic N) is 3. The van der Waals surface area contributed by atoms with Crippen LogP contribution in [0.4, 0.5) is 5.69 Å². The molecule has 1 aromatic heterocycles. The number of hydrogen-bond donors (Lipinski definition) is 1. The minimum absolute atomic E-state index is 0.113. The van der Waals surface area contributed by atoms with Crippen molar-refractivity contribution in [2.45, 2.75) is 20.4 Å². The largest absolute Gasteiger partial charge is 0.496 e. The van der Waals surface area contributed by atoms with E-state index in [4.69, 9.17) is 4.74 Å². The van der Waals surface area contributed by atoms with Crippen LogP contribution in [0.15, 0.2) is 48.5 Å². The van der Waals surface area contributed by atoms with Crippen molar-refractivity contribution >= 4 is 11.6 Å². The molecule has 3 rings (SSSR count). The number of aromatic nitrogens is 2. The number of amides is 1. The van der Waals surface area contributed by atoms with E-state index in [1.165, 1.54) is 25.3 Å². The second-order valence-corrected chi connectivity index (χ2v) is 6.22. The topological polar surface area (TPSA) is 99.3 Å². The average molecular weight is 380 g/mol. The molecule has 8 nitrogen and oxygen atoms in total. The Morgan fingerprint density at radius 1 is 1.21 bits per heavy atom. The molecule has 0 saturated heterocycles. The molecule has 0 atom stereocenters. The number of benzene rings is 2. The number of ether oxygens (including phenoxy) is 1. The summed E-state index contributed by atoms with van der Waals surface area (Å²) in [7, 11) is 1.41. The van der Waals surface area contributed by atoms with Gasteiger partial charge >= 0.3 is 0 Å². The van der Waals surface area contributed by atoms with Gasteiger partial charge in [0.15, 0.2) is 0 Å². The van der Waals surface area contributed by atoms with Crippen molar-refractivity contribution < 1.29 is 14.5 Å². The summed E-state index contributed by atoms with van der Waals surface area (Å²) in [6, 6.07) is 13.6. The Morgan fingerprint density at radius 2 is 1.93 bits per heavy atom. The molecule has 3 aromatic rings. The average Bonchev–Trinajstić information content (AvgIpc) is 2.99. The predicted molar refractivity (Wildman–Crippen MR) is 104 cm³/mol. The van der Waals surface area contributed by atoms with Crippen LogP contribution in [0.1, 0.15) is 27.3 Å².